The molecule has 1 unspecified atom stereocenters. The summed E-state index contributed by atoms with van der Waals surface area (Å²) in [4.78, 5) is 17.5. The van der Waals surface area contributed by atoms with E-state index in [4.69, 9.17) is 0 Å². The standard InChI is InChI=1S/C23H26N2O/c1-2-22(26)25(20-11-7-4-8-12-20)23-19-13-15-24(16-14-19)21(23)17-18-9-5-3-6-10-18/h3-12,17,19,23H,2,13-16H2,1H3/b21-17+. The van der Waals surface area contributed by atoms with Crippen LogP contribution in [-0.2, 0) is 4.79 Å². The average molecular weight is 346 g/mol. The van der Waals surface area contributed by atoms with Crippen molar-refractivity contribution in [1.82, 2.24) is 4.90 Å². The zero-order valence-electron chi connectivity index (χ0n) is 15.3. The molecule has 3 aliphatic heterocycles. The molecule has 0 aliphatic carbocycles. The minimum atomic E-state index is 0.132. The van der Waals surface area contributed by atoms with Gasteiger partial charge in [0, 0.05) is 30.9 Å². The first-order chi connectivity index (χ1) is 12.8. The number of para-hydroxylation sites is 1. The number of nitrogens with zero attached hydrogens (tertiary/aromatic N) is 2. The normalized spacial score (nSPS) is 23.3. The molecule has 3 saturated heterocycles. The van der Waals surface area contributed by atoms with Crippen molar-refractivity contribution in [2.75, 3.05) is 18.0 Å². The van der Waals surface area contributed by atoms with E-state index in [9.17, 15) is 4.79 Å². The van der Waals surface area contributed by atoms with E-state index in [1.54, 1.807) is 0 Å². The maximum atomic E-state index is 13.0. The molecule has 3 aliphatic rings. The van der Waals surface area contributed by atoms with Crippen LogP contribution in [0.3, 0.4) is 0 Å². The summed E-state index contributed by atoms with van der Waals surface area (Å²) in [5.41, 5.74) is 3.51. The summed E-state index contributed by atoms with van der Waals surface area (Å²) in [7, 11) is 0. The Morgan fingerprint density at radius 1 is 1.04 bits per heavy atom. The Kier molecular flexibility index (Phi) is 4.79. The van der Waals surface area contributed by atoms with Gasteiger partial charge in [-0.1, -0.05) is 55.5 Å². The van der Waals surface area contributed by atoms with Gasteiger partial charge in [0.15, 0.2) is 0 Å². The molecular formula is C23H26N2O. The van der Waals surface area contributed by atoms with Crippen LogP contribution < -0.4 is 4.90 Å². The molecule has 0 aromatic heterocycles. The smallest absolute Gasteiger partial charge is 0.227 e. The Morgan fingerprint density at radius 2 is 1.65 bits per heavy atom. The van der Waals surface area contributed by atoms with Crippen LogP contribution in [0.4, 0.5) is 5.69 Å². The lowest BCUT2D eigenvalue weighted by Gasteiger charge is -2.51. The van der Waals surface area contributed by atoms with Crippen LogP contribution in [0.2, 0.25) is 0 Å². The van der Waals surface area contributed by atoms with Crippen LogP contribution in [0.1, 0.15) is 31.7 Å². The number of hydrogen-bond donors (Lipinski definition) is 0. The van der Waals surface area contributed by atoms with E-state index < -0.39 is 0 Å². The number of rotatable bonds is 4. The Morgan fingerprint density at radius 3 is 2.27 bits per heavy atom. The lowest BCUT2D eigenvalue weighted by atomic mass is 9.79. The minimum Gasteiger partial charge on any atom is -0.373 e. The molecule has 5 rings (SSSR count). The molecule has 1 atom stereocenters. The Labute approximate surface area is 155 Å². The Hall–Kier alpha value is -2.55. The molecule has 3 heteroatoms. The fourth-order valence-electron chi connectivity index (χ4n) is 4.36. The molecule has 1 amide bonds. The fourth-order valence-corrected chi connectivity index (χ4v) is 4.36. The van der Waals surface area contributed by atoms with Crippen molar-refractivity contribution in [1.29, 1.82) is 0 Å². The first-order valence-electron chi connectivity index (χ1n) is 9.66. The number of amides is 1. The maximum absolute atomic E-state index is 13.0. The lowest BCUT2D eigenvalue weighted by Crippen LogP contribution is -2.57. The van der Waals surface area contributed by atoms with Crippen molar-refractivity contribution in [2.24, 2.45) is 5.92 Å². The second-order valence-electron chi connectivity index (χ2n) is 7.20. The van der Waals surface area contributed by atoms with Crippen molar-refractivity contribution in [3.63, 3.8) is 0 Å². The average Bonchev–Trinajstić information content (AvgIpc) is 2.71. The zero-order chi connectivity index (χ0) is 17.9. The van der Waals surface area contributed by atoms with Gasteiger partial charge in [-0.15, -0.1) is 0 Å². The van der Waals surface area contributed by atoms with Gasteiger partial charge in [-0.05, 0) is 42.5 Å². The molecule has 26 heavy (non-hydrogen) atoms. The Balaban J connectivity index is 1.79. The van der Waals surface area contributed by atoms with Crippen LogP contribution in [-0.4, -0.2) is 29.9 Å². The Bertz CT molecular complexity index is 776. The summed E-state index contributed by atoms with van der Waals surface area (Å²) in [6.45, 7) is 4.16. The zero-order valence-corrected chi connectivity index (χ0v) is 15.3. The molecule has 2 aromatic carbocycles. The largest absolute Gasteiger partial charge is 0.373 e. The summed E-state index contributed by atoms with van der Waals surface area (Å²) in [5, 5.41) is 0. The quantitative estimate of drug-likeness (QED) is 0.810. The maximum Gasteiger partial charge on any atom is 0.227 e. The summed E-state index contributed by atoms with van der Waals surface area (Å²) in [5.74, 6) is 0.736. The molecule has 0 radical (unpaired) electrons. The summed E-state index contributed by atoms with van der Waals surface area (Å²) in [6.07, 6.45) is 5.14. The number of fused-ring (bicyclic) bond motifs is 3. The molecule has 2 aromatic rings. The predicted molar refractivity (Wildman–Crippen MR) is 107 cm³/mol. The van der Waals surface area contributed by atoms with Crippen LogP contribution in [0.25, 0.3) is 6.08 Å². The molecule has 0 spiro atoms. The van der Waals surface area contributed by atoms with E-state index in [-0.39, 0.29) is 11.9 Å². The summed E-state index contributed by atoms with van der Waals surface area (Å²) < 4.78 is 0. The highest BCUT2D eigenvalue weighted by atomic mass is 16.2. The van der Waals surface area contributed by atoms with E-state index >= 15 is 0 Å². The molecule has 134 valence electrons. The monoisotopic (exact) mass is 346 g/mol. The number of anilines is 1. The minimum absolute atomic E-state index is 0.132. The molecule has 3 heterocycles. The molecular weight excluding hydrogens is 320 g/mol. The second-order valence-corrected chi connectivity index (χ2v) is 7.20. The molecule has 0 N–H and O–H groups in total. The predicted octanol–water partition coefficient (Wildman–Crippen LogP) is 4.56. The van der Waals surface area contributed by atoms with Gasteiger partial charge in [-0.25, -0.2) is 0 Å². The fraction of sp³-hybridized carbons (Fsp3) is 0.348. The van der Waals surface area contributed by atoms with Gasteiger partial charge in [-0.2, -0.15) is 0 Å². The van der Waals surface area contributed by atoms with Crippen LogP contribution in [0.15, 0.2) is 66.4 Å². The summed E-state index contributed by atoms with van der Waals surface area (Å²) in [6, 6.07) is 20.8. The third-order valence-corrected chi connectivity index (χ3v) is 5.65. The van der Waals surface area contributed by atoms with Crippen molar-refractivity contribution >= 4 is 17.7 Å². The van der Waals surface area contributed by atoms with Crippen molar-refractivity contribution < 1.29 is 4.79 Å². The molecule has 0 saturated carbocycles. The van der Waals surface area contributed by atoms with Gasteiger partial charge in [0.25, 0.3) is 0 Å². The van der Waals surface area contributed by atoms with Gasteiger partial charge < -0.3 is 9.80 Å². The van der Waals surface area contributed by atoms with Gasteiger partial charge in [0.1, 0.15) is 0 Å². The lowest BCUT2D eigenvalue weighted by molar-refractivity contribution is -0.119. The van der Waals surface area contributed by atoms with E-state index in [1.807, 2.05) is 31.2 Å². The van der Waals surface area contributed by atoms with Crippen LogP contribution in [0.5, 0.6) is 0 Å². The number of piperidine rings is 3. The highest BCUT2D eigenvalue weighted by molar-refractivity contribution is 5.94. The second kappa shape index (κ2) is 7.36. The molecule has 2 bridgehead atoms. The molecule has 3 fully saturated rings. The van der Waals surface area contributed by atoms with Crippen molar-refractivity contribution in [2.45, 2.75) is 32.2 Å². The van der Waals surface area contributed by atoms with Gasteiger partial charge in [0.2, 0.25) is 5.91 Å². The van der Waals surface area contributed by atoms with Gasteiger partial charge in [0.05, 0.1) is 6.04 Å². The number of carbonyl (C=O) groups is 1. The van der Waals surface area contributed by atoms with Gasteiger partial charge >= 0.3 is 0 Å². The highest BCUT2D eigenvalue weighted by Gasteiger charge is 2.42. The van der Waals surface area contributed by atoms with E-state index in [2.05, 4.69) is 52.3 Å². The first-order valence-corrected chi connectivity index (χ1v) is 9.66. The molecule has 3 nitrogen and oxygen atoms in total. The van der Waals surface area contributed by atoms with Crippen LogP contribution in [0, 0.1) is 5.92 Å². The van der Waals surface area contributed by atoms with Crippen molar-refractivity contribution in [3.8, 4) is 0 Å². The van der Waals surface area contributed by atoms with E-state index in [0.29, 0.717) is 12.3 Å². The third-order valence-electron chi connectivity index (χ3n) is 5.65. The SMILES string of the molecule is CCC(=O)N(c1ccccc1)C1/C(=C\c2ccccc2)N2CCC1CC2. The number of carbonyl (C=O) groups excluding carboxylic acids is 1. The topological polar surface area (TPSA) is 23.6 Å². The third kappa shape index (κ3) is 3.14. The number of hydrogen-bond acceptors (Lipinski definition) is 2. The van der Waals surface area contributed by atoms with Gasteiger partial charge in [-0.3, -0.25) is 4.79 Å². The summed E-state index contributed by atoms with van der Waals surface area (Å²) >= 11 is 0. The number of benzene rings is 2. The van der Waals surface area contributed by atoms with Crippen LogP contribution >= 0.6 is 0 Å². The van der Waals surface area contributed by atoms with Crippen molar-refractivity contribution in [3.05, 3.63) is 71.9 Å². The van der Waals surface area contributed by atoms with E-state index in [0.717, 1.165) is 31.6 Å². The van der Waals surface area contributed by atoms with E-state index in [1.165, 1.54) is 11.3 Å². The highest BCUT2D eigenvalue weighted by Crippen LogP contribution is 2.40. The first kappa shape index (κ1) is 16.9.